The Bertz CT molecular complexity index is 1240. The minimum atomic E-state index is -0.523. The Morgan fingerprint density at radius 3 is 2.93 bits per heavy atom. The molecule has 9 nitrogen and oxygen atoms in total. The highest BCUT2D eigenvalue weighted by Gasteiger charge is 2.27. The van der Waals surface area contributed by atoms with Gasteiger partial charge in [0.1, 0.15) is 4.83 Å². The number of nitrogens with two attached hydrogens (primary N) is 2. The van der Waals surface area contributed by atoms with Gasteiger partial charge in [-0.05, 0) is 13.0 Å². The molecule has 0 unspecified atom stereocenters. The van der Waals surface area contributed by atoms with E-state index in [-0.39, 0.29) is 0 Å². The first-order valence-corrected chi connectivity index (χ1v) is 9.58. The number of anilines is 1. The van der Waals surface area contributed by atoms with E-state index in [4.69, 9.17) is 16.2 Å². The fourth-order valence-corrected chi connectivity index (χ4v) is 4.66. The lowest BCUT2D eigenvalue weighted by atomic mass is 10.1. The predicted octanol–water partition coefficient (Wildman–Crippen LogP) is 2.09. The third kappa shape index (κ3) is 2.38. The Morgan fingerprint density at radius 2 is 2.11 bits per heavy atom. The quantitative estimate of drug-likeness (QED) is 0.547. The zero-order valence-corrected chi connectivity index (χ0v) is 15.9. The van der Waals surface area contributed by atoms with Crippen LogP contribution in [0.5, 0.6) is 5.88 Å². The summed E-state index contributed by atoms with van der Waals surface area (Å²) in [5.74, 6) is 0.192. The van der Waals surface area contributed by atoms with Crippen molar-refractivity contribution in [3.05, 3.63) is 35.9 Å². The Kier molecular flexibility index (Phi) is 3.63. The first-order chi connectivity index (χ1) is 13.5. The van der Waals surface area contributed by atoms with Crippen molar-refractivity contribution >= 4 is 27.8 Å². The molecule has 5 heterocycles. The molecule has 0 saturated carbocycles. The molecule has 0 fully saturated rings. The highest BCUT2D eigenvalue weighted by atomic mass is 32.1. The summed E-state index contributed by atoms with van der Waals surface area (Å²) in [4.78, 5) is 17.8. The van der Waals surface area contributed by atoms with E-state index in [9.17, 15) is 4.79 Å². The number of aryl methyl sites for hydroxylation is 2. The maximum absolute atomic E-state index is 11.9. The summed E-state index contributed by atoms with van der Waals surface area (Å²) < 4.78 is 9.46. The van der Waals surface area contributed by atoms with Crippen molar-refractivity contribution in [2.75, 3.05) is 12.3 Å². The Balaban J connectivity index is 1.85. The van der Waals surface area contributed by atoms with Crippen molar-refractivity contribution < 1.29 is 9.53 Å². The predicted molar refractivity (Wildman–Crippen MR) is 105 cm³/mol. The molecule has 0 spiro atoms. The number of amides is 1. The number of ether oxygens (including phenoxy) is 1. The number of primary amides is 1. The molecule has 10 heteroatoms. The largest absolute Gasteiger partial charge is 0.477 e. The smallest absolute Gasteiger partial charge is 0.253 e. The fourth-order valence-electron chi connectivity index (χ4n) is 3.44. The van der Waals surface area contributed by atoms with Crippen LogP contribution in [0.2, 0.25) is 0 Å². The monoisotopic (exact) mass is 395 g/mol. The number of thiazole rings is 1. The lowest BCUT2D eigenvalue weighted by Gasteiger charge is -2.16. The number of aromatic nitrogens is 5. The second kappa shape index (κ2) is 6.06. The third-order valence-electron chi connectivity index (χ3n) is 4.77. The van der Waals surface area contributed by atoms with Crippen molar-refractivity contribution in [2.45, 2.75) is 19.9 Å². The number of fused-ring (bicyclic) bond motifs is 2. The van der Waals surface area contributed by atoms with Gasteiger partial charge in [-0.3, -0.25) is 9.78 Å². The summed E-state index contributed by atoms with van der Waals surface area (Å²) in [5, 5.41) is 8.88. The minimum absolute atomic E-state index is 0.369. The Morgan fingerprint density at radius 1 is 1.25 bits per heavy atom. The van der Waals surface area contributed by atoms with Gasteiger partial charge in [0.25, 0.3) is 5.91 Å². The van der Waals surface area contributed by atoms with Gasteiger partial charge in [0.05, 0.1) is 52.6 Å². The maximum Gasteiger partial charge on any atom is 0.253 e. The van der Waals surface area contributed by atoms with Crippen LogP contribution in [0.4, 0.5) is 5.69 Å². The van der Waals surface area contributed by atoms with Gasteiger partial charge in [0.15, 0.2) is 0 Å². The third-order valence-corrected chi connectivity index (χ3v) is 5.97. The van der Waals surface area contributed by atoms with E-state index in [0.717, 1.165) is 40.4 Å². The molecule has 0 saturated heterocycles. The maximum atomic E-state index is 11.9. The van der Waals surface area contributed by atoms with E-state index in [0.29, 0.717) is 28.6 Å². The van der Waals surface area contributed by atoms with Crippen LogP contribution in [0.3, 0.4) is 0 Å². The average molecular weight is 395 g/mol. The van der Waals surface area contributed by atoms with Gasteiger partial charge in [-0.1, -0.05) is 0 Å². The average Bonchev–Trinajstić information content (AvgIpc) is 3.35. The first kappa shape index (κ1) is 16.8. The molecule has 1 aliphatic rings. The normalized spacial score (nSPS) is 13.5. The molecule has 1 aliphatic heterocycles. The summed E-state index contributed by atoms with van der Waals surface area (Å²) in [6, 6.07) is 1.86. The first-order valence-electron chi connectivity index (χ1n) is 8.76. The van der Waals surface area contributed by atoms with Crippen molar-refractivity contribution in [3.63, 3.8) is 0 Å². The number of pyridine rings is 1. The summed E-state index contributed by atoms with van der Waals surface area (Å²) in [7, 11) is 0. The molecule has 28 heavy (non-hydrogen) atoms. The second-order valence-corrected chi connectivity index (χ2v) is 7.61. The number of nitrogens with zero attached hydrogens (tertiary/aromatic N) is 5. The van der Waals surface area contributed by atoms with Crippen LogP contribution in [-0.4, -0.2) is 36.9 Å². The molecule has 4 aromatic heterocycles. The molecule has 0 aliphatic carbocycles. The zero-order chi connectivity index (χ0) is 19.4. The van der Waals surface area contributed by atoms with Crippen molar-refractivity contribution in [1.29, 1.82) is 0 Å². The highest BCUT2D eigenvalue weighted by Crippen LogP contribution is 2.45. The molecule has 4 N–H and O–H groups in total. The van der Waals surface area contributed by atoms with E-state index < -0.39 is 5.91 Å². The summed E-state index contributed by atoms with van der Waals surface area (Å²) in [6.07, 6.45) is 5.80. The minimum Gasteiger partial charge on any atom is -0.477 e. The number of hydrogen-bond acceptors (Lipinski definition) is 7. The molecule has 0 bridgehead atoms. The van der Waals surface area contributed by atoms with E-state index in [1.807, 2.05) is 17.7 Å². The Labute approximate surface area is 163 Å². The number of hydrogen-bond donors (Lipinski definition) is 2. The SMILES string of the molecule is Cc1ncc(N)cc1-c1c(-c2cnn3c2OCCC3)sc2c(C(N)=O)cnn12. The van der Waals surface area contributed by atoms with Crippen molar-refractivity contribution in [1.82, 2.24) is 24.4 Å². The fraction of sp³-hybridized carbons (Fsp3) is 0.222. The second-order valence-electron chi connectivity index (χ2n) is 6.61. The van der Waals surface area contributed by atoms with Crippen LogP contribution in [0, 0.1) is 6.92 Å². The molecule has 1 amide bonds. The van der Waals surface area contributed by atoms with E-state index in [1.165, 1.54) is 17.5 Å². The zero-order valence-electron chi connectivity index (χ0n) is 15.0. The lowest BCUT2D eigenvalue weighted by molar-refractivity contribution is 0.100. The van der Waals surface area contributed by atoms with Gasteiger partial charge in [-0.2, -0.15) is 10.2 Å². The van der Waals surface area contributed by atoms with Gasteiger partial charge in [-0.15, -0.1) is 11.3 Å². The Hall–Kier alpha value is -3.40. The summed E-state index contributed by atoms with van der Waals surface area (Å²) >= 11 is 1.42. The van der Waals surface area contributed by atoms with Gasteiger partial charge in [-0.25, -0.2) is 9.20 Å². The van der Waals surface area contributed by atoms with Gasteiger partial charge in [0, 0.05) is 24.2 Å². The van der Waals surface area contributed by atoms with Crippen LogP contribution >= 0.6 is 11.3 Å². The van der Waals surface area contributed by atoms with Crippen molar-refractivity contribution in [2.24, 2.45) is 5.73 Å². The van der Waals surface area contributed by atoms with Crippen LogP contribution < -0.4 is 16.2 Å². The molecule has 0 radical (unpaired) electrons. The molecule has 142 valence electrons. The standard InChI is InChI=1S/C18H17N7O2S/c1-9-11(5-10(19)6-21-9)14-15(12-7-22-24-3-2-4-27-17(12)24)28-18-13(16(20)26)8-23-25(14)18/h5-8H,2-4,19H2,1H3,(H2,20,26). The van der Waals surface area contributed by atoms with Gasteiger partial charge < -0.3 is 16.2 Å². The molecule has 4 aromatic rings. The van der Waals surface area contributed by atoms with Crippen LogP contribution in [0.15, 0.2) is 24.7 Å². The van der Waals surface area contributed by atoms with Crippen LogP contribution in [-0.2, 0) is 6.54 Å². The van der Waals surface area contributed by atoms with Crippen LogP contribution in [0.25, 0.3) is 26.5 Å². The van der Waals surface area contributed by atoms with E-state index in [2.05, 4.69) is 15.2 Å². The topological polar surface area (TPSA) is 126 Å². The molecular formula is C18H17N7O2S. The number of carbonyl (C=O) groups excluding carboxylic acids is 1. The van der Waals surface area contributed by atoms with Crippen LogP contribution in [0.1, 0.15) is 22.5 Å². The molecule has 0 aromatic carbocycles. The summed E-state index contributed by atoms with van der Waals surface area (Å²) in [5.41, 5.74) is 15.7. The number of nitrogen functional groups attached to an aromatic ring is 1. The number of carbonyl (C=O) groups is 1. The lowest BCUT2D eigenvalue weighted by Crippen LogP contribution is -2.14. The van der Waals surface area contributed by atoms with E-state index in [1.54, 1.807) is 16.9 Å². The van der Waals surface area contributed by atoms with Crippen molar-refractivity contribution in [3.8, 4) is 27.6 Å². The van der Waals surface area contributed by atoms with E-state index >= 15 is 0 Å². The molecule has 0 atom stereocenters. The molecule has 5 rings (SSSR count). The number of rotatable bonds is 3. The molecular weight excluding hydrogens is 378 g/mol. The highest BCUT2D eigenvalue weighted by molar-refractivity contribution is 7.21. The summed E-state index contributed by atoms with van der Waals surface area (Å²) in [6.45, 7) is 3.35. The van der Waals surface area contributed by atoms with Gasteiger partial charge in [0.2, 0.25) is 5.88 Å². The van der Waals surface area contributed by atoms with Gasteiger partial charge >= 0.3 is 0 Å².